The van der Waals surface area contributed by atoms with Crippen molar-refractivity contribution in [2.24, 2.45) is 10.8 Å². The Morgan fingerprint density at radius 1 is 1.54 bits per heavy atom. The van der Waals surface area contributed by atoms with Crippen LogP contribution in [-0.2, 0) is 4.79 Å². The van der Waals surface area contributed by atoms with E-state index in [2.05, 4.69) is 5.11 Å². The van der Waals surface area contributed by atoms with E-state index < -0.39 is 11.4 Å². The lowest BCUT2D eigenvalue weighted by molar-refractivity contribution is -0.118. The average molecular weight is 179 g/mol. The van der Waals surface area contributed by atoms with Crippen molar-refractivity contribution in [2.75, 3.05) is 0 Å². The summed E-state index contributed by atoms with van der Waals surface area (Å²) in [4.78, 5) is 10.3. The summed E-state index contributed by atoms with van der Waals surface area (Å²) in [5, 5.41) is 20.0. The molecule has 6 nitrogen and oxygen atoms in total. The highest BCUT2D eigenvalue weighted by atomic mass is 16.1. The molecule has 0 aromatic rings. The second-order valence-corrected chi connectivity index (χ2v) is 2.52. The molecule has 0 bridgehead atoms. The third-order valence-electron chi connectivity index (χ3n) is 1.52. The monoisotopic (exact) mass is 179 g/mol. The Balaban J connectivity index is 4.16. The first-order chi connectivity index (χ1) is 6.10. The van der Waals surface area contributed by atoms with Crippen LogP contribution in [0.25, 0.3) is 0 Å². The molecule has 0 unspecified atom stereocenters. The zero-order valence-corrected chi connectivity index (χ0v) is 6.95. The van der Waals surface area contributed by atoms with E-state index in [0.29, 0.717) is 6.42 Å². The van der Waals surface area contributed by atoms with E-state index >= 15 is 0 Å². The first kappa shape index (κ1) is 11.1. The van der Waals surface area contributed by atoms with Crippen molar-refractivity contribution in [2.45, 2.75) is 24.8 Å². The molecule has 0 aliphatic heterocycles. The Morgan fingerprint density at radius 2 is 2.08 bits per heavy atom. The molecule has 68 valence electrons. The Kier molecular flexibility index (Phi) is 4.11. The molecule has 6 heteroatoms. The van der Waals surface area contributed by atoms with Crippen molar-refractivity contribution in [3.8, 4) is 12.1 Å². The van der Waals surface area contributed by atoms with Crippen LogP contribution in [0.5, 0.6) is 0 Å². The standard InChI is InChI=1S/C7H9N5O/c8-4-7(5-9,12-11)3-1-2-6(10)13/h11H,1-3H2,(H2,10,13). The van der Waals surface area contributed by atoms with Crippen LogP contribution >= 0.6 is 0 Å². The van der Waals surface area contributed by atoms with Crippen molar-refractivity contribution < 1.29 is 4.79 Å². The van der Waals surface area contributed by atoms with Gasteiger partial charge in [-0.2, -0.15) is 15.6 Å². The third kappa shape index (κ3) is 3.30. The van der Waals surface area contributed by atoms with E-state index in [0.717, 1.165) is 0 Å². The van der Waals surface area contributed by atoms with Gasteiger partial charge in [0.2, 0.25) is 5.91 Å². The summed E-state index contributed by atoms with van der Waals surface area (Å²) in [6, 6.07) is 3.24. The predicted octanol–water partition coefficient (Wildman–Crippen LogP) is 0.459. The van der Waals surface area contributed by atoms with Crippen molar-refractivity contribution >= 4 is 5.91 Å². The number of nitrogens with two attached hydrogens (primary N) is 1. The van der Waals surface area contributed by atoms with Crippen LogP contribution in [0.2, 0.25) is 0 Å². The van der Waals surface area contributed by atoms with E-state index in [9.17, 15) is 4.79 Å². The number of nitrogens with zero attached hydrogens (tertiary/aromatic N) is 3. The molecule has 0 aromatic carbocycles. The van der Waals surface area contributed by atoms with Gasteiger partial charge in [0, 0.05) is 12.8 Å². The van der Waals surface area contributed by atoms with Gasteiger partial charge in [-0.05, 0) is 6.42 Å². The summed E-state index contributed by atoms with van der Waals surface area (Å²) in [5.74, 6) is -0.491. The highest BCUT2D eigenvalue weighted by Crippen LogP contribution is 2.16. The van der Waals surface area contributed by atoms with Crippen LogP contribution in [0.4, 0.5) is 0 Å². The number of carbonyl (C=O) groups is 1. The summed E-state index contributed by atoms with van der Waals surface area (Å²) in [6.45, 7) is 0. The molecule has 0 aliphatic rings. The van der Waals surface area contributed by atoms with Gasteiger partial charge in [0.05, 0.1) is 0 Å². The van der Waals surface area contributed by atoms with Gasteiger partial charge in [0.1, 0.15) is 12.1 Å². The number of amides is 1. The minimum Gasteiger partial charge on any atom is -0.370 e. The van der Waals surface area contributed by atoms with Crippen molar-refractivity contribution in [3.05, 3.63) is 0 Å². The van der Waals surface area contributed by atoms with Crippen LogP contribution in [-0.4, -0.2) is 11.4 Å². The van der Waals surface area contributed by atoms with Gasteiger partial charge < -0.3 is 5.73 Å². The largest absolute Gasteiger partial charge is 0.370 e. The first-order valence-corrected chi connectivity index (χ1v) is 3.59. The summed E-state index contributed by atoms with van der Waals surface area (Å²) in [6.07, 6.45) is 0.450. The highest BCUT2D eigenvalue weighted by molar-refractivity contribution is 5.73. The van der Waals surface area contributed by atoms with Crippen LogP contribution in [0.15, 0.2) is 5.11 Å². The van der Waals surface area contributed by atoms with Gasteiger partial charge in [0.25, 0.3) is 5.54 Å². The first-order valence-electron chi connectivity index (χ1n) is 3.59. The van der Waals surface area contributed by atoms with Crippen LogP contribution in [0.1, 0.15) is 19.3 Å². The quantitative estimate of drug-likeness (QED) is 0.595. The van der Waals surface area contributed by atoms with E-state index in [1.165, 1.54) is 0 Å². The fourth-order valence-electron chi connectivity index (χ4n) is 0.761. The molecule has 0 spiro atoms. The lowest BCUT2D eigenvalue weighted by atomic mass is 9.97. The van der Waals surface area contributed by atoms with Gasteiger partial charge >= 0.3 is 0 Å². The Bertz CT molecular complexity index is 270. The smallest absolute Gasteiger partial charge is 0.251 e. The highest BCUT2D eigenvalue weighted by Gasteiger charge is 2.28. The Hall–Kier alpha value is -1.95. The SMILES string of the molecule is N#CC(C#N)(CCCC(N)=O)N=N. The van der Waals surface area contributed by atoms with E-state index in [1.54, 1.807) is 12.1 Å². The number of hydrogen-bond donors (Lipinski definition) is 2. The second kappa shape index (κ2) is 4.83. The molecule has 1 amide bonds. The predicted molar refractivity (Wildman–Crippen MR) is 42.2 cm³/mol. The molecule has 0 aromatic heterocycles. The number of nitriles is 2. The summed E-state index contributed by atoms with van der Waals surface area (Å²) in [7, 11) is 0. The molecule has 0 atom stereocenters. The lowest BCUT2D eigenvalue weighted by Crippen LogP contribution is -2.22. The molecule has 13 heavy (non-hydrogen) atoms. The fraction of sp³-hybridized carbons (Fsp3) is 0.571. The zero-order valence-electron chi connectivity index (χ0n) is 6.95. The molecule has 0 rings (SSSR count). The molecule has 0 fully saturated rings. The van der Waals surface area contributed by atoms with Crippen molar-refractivity contribution in [3.63, 3.8) is 0 Å². The molecule has 0 radical (unpaired) electrons. The van der Waals surface area contributed by atoms with Crippen LogP contribution in [0.3, 0.4) is 0 Å². The molecular weight excluding hydrogens is 170 g/mol. The number of rotatable bonds is 5. The maximum atomic E-state index is 10.3. The molecular formula is C7H9N5O. The molecule has 3 N–H and O–H groups in total. The number of carbonyl (C=O) groups excluding carboxylic acids is 1. The number of nitrogens with one attached hydrogen (secondary N) is 1. The van der Waals surface area contributed by atoms with Crippen LogP contribution in [0, 0.1) is 28.2 Å². The summed E-state index contributed by atoms with van der Waals surface area (Å²) < 4.78 is 0. The van der Waals surface area contributed by atoms with Crippen molar-refractivity contribution in [1.82, 2.24) is 0 Å². The maximum absolute atomic E-state index is 10.3. The topological polar surface area (TPSA) is 127 Å². The van der Waals surface area contributed by atoms with Crippen molar-refractivity contribution in [1.29, 1.82) is 16.1 Å². The van der Waals surface area contributed by atoms with E-state index in [1.807, 2.05) is 0 Å². The second-order valence-electron chi connectivity index (χ2n) is 2.52. The average Bonchev–Trinajstić information content (AvgIpc) is 2.13. The van der Waals surface area contributed by atoms with Crippen LogP contribution < -0.4 is 5.73 Å². The zero-order chi connectivity index (χ0) is 10.3. The minimum absolute atomic E-state index is 0.0619. The van der Waals surface area contributed by atoms with Gasteiger partial charge in [-0.1, -0.05) is 0 Å². The lowest BCUT2D eigenvalue weighted by Gasteiger charge is -2.08. The number of primary amides is 1. The van der Waals surface area contributed by atoms with E-state index in [-0.39, 0.29) is 12.8 Å². The molecule has 0 saturated heterocycles. The van der Waals surface area contributed by atoms with Gasteiger partial charge in [-0.25, -0.2) is 5.53 Å². The summed E-state index contributed by atoms with van der Waals surface area (Å²) >= 11 is 0. The molecule has 0 saturated carbocycles. The normalized spacial score (nSPS) is 9.69. The molecule has 0 heterocycles. The third-order valence-corrected chi connectivity index (χ3v) is 1.52. The number of hydrogen-bond acceptors (Lipinski definition) is 5. The maximum Gasteiger partial charge on any atom is 0.251 e. The van der Waals surface area contributed by atoms with Gasteiger partial charge in [0.15, 0.2) is 0 Å². The summed E-state index contributed by atoms with van der Waals surface area (Å²) in [5.41, 5.74) is 9.88. The van der Waals surface area contributed by atoms with Gasteiger partial charge in [-0.3, -0.25) is 4.79 Å². The Labute approximate surface area is 75.5 Å². The van der Waals surface area contributed by atoms with Gasteiger partial charge in [-0.15, -0.1) is 0 Å². The fourth-order valence-corrected chi connectivity index (χ4v) is 0.761. The molecule has 0 aliphatic carbocycles. The van der Waals surface area contributed by atoms with E-state index in [4.69, 9.17) is 21.8 Å². The Morgan fingerprint density at radius 3 is 2.38 bits per heavy atom. The minimum atomic E-state index is -1.64.